The monoisotopic (exact) mass is 293 g/mol. The fraction of sp³-hybridized carbons (Fsp3) is 0.500. The minimum atomic E-state index is -1.11. The Hall–Kier alpha value is -2.15. The first-order chi connectivity index (χ1) is 9.93. The zero-order chi connectivity index (χ0) is 15.5. The maximum atomic E-state index is 12.0. The van der Waals surface area contributed by atoms with Gasteiger partial charge in [0.1, 0.15) is 5.41 Å². The standard InChI is InChI=1S/C14H19N3O4/c1-9(10-5-3-4-6-15-10)16-13(20)17-11-7-21-8-14(11,2)12(18)19/h3-6,9,11H,7-8H2,1-2H3,(H,18,19)(H2,16,17,20). The molecule has 2 rings (SSSR count). The van der Waals surface area contributed by atoms with Crippen LogP contribution in [0, 0.1) is 5.41 Å². The molecule has 0 aliphatic carbocycles. The molecule has 21 heavy (non-hydrogen) atoms. The number of amides is 2. The van der Waals surface area contributed by atoms with Crippen molar-refractivity contribution in [1.29, 1.82) is 0 Å². The SMILES string of the molecule is CC(NC(=O)NC1COCC1(C)C(=O)O)c1ccccn1. The molecule has 0 bridgehead atoms. The summed E-state index contributed by atoms with van der Waals surface area (Å²) in [4.78, 5) is 27.5. The maximum absolute atomic E-state index is 12.0. The van der Waals surface area contributed by atoms with Gasteiger partial charge in [-0.1, -0.05) is 6.07 Å². The minimum absolute atomic E-state index is 0.0864. The molecule has 114 valence electrons. The highest BCUT2D eigenvalue weighted by Gasteiger charge is 2.47. The highest BCUT2D eigenvalue weighted by atomic mass is 16.5. The molecule has 0 saturated carbocycles. The summed E-state index contributed by atoms with van der Waals surface area (Å²) in [6.45, 7) is 3.65. The predicted octanol–water partition coefficient (Wildman–Crippen LogP) is 0.931. The molecule has 7 nitrogen and oxygen atoms in total. The molecule has 1 aliphatic rings. The van der Waals surface area contributed by atoms with Crippen LogP contribution in [0.2, 0.25) is 0 Å². The molecule has 1 aromatic rings. The lowest BCUT2D eigenvalue weighted by atomic mass is 9.85. The number of hydrogen-bond acceptors (Lipinski definition) is 4. The van der Waals surface area contributed by atoms with Gasteiger partial charge < -0.3 is 20.5 Å². The number of carbonyl (C=O) groups excluding carboxylic acids is 1. The van der Waals surface area contributed by atoms with Crippen LogP contribution in [-0.4, -0.2) is 41.3 Å². The second kappa shape index (κ2) is 6.09. The van der Waals surface area contributed by atoms with Crippen molar-refractivity contribution in [2.24, 2.45) is 5.41 Å². The van der Waals surface area contributed by atoms with Gasteiger partial charge in [0.2, 0.25) is 0 Å². The van der Waals surface area contributed by atoms with E-state index in [1.54, 1.807) is 19.2 Å². The van der Waals surface area contributed by atoms with Crippen molar-refractivity contribution in [2.75, 3.05) is 13.2 Å². The molecule has 0 radical (unpaired) electrons. The molecule has 0 spiro atoms. The summed E-state index contributed by atoms with van der Waals surface area (Å²) in [5, 5.41) is 14.7. The normalized spacial score (nSPS) is 26.1. The summed E-state index contributed by atoms with van der Waals surface area (Å²) in [5.41, 5.74) is -0.373. The number of carboxylic acids is 1. The largest absolute Gasteiger partial charge is 0.481 e. The van der Waals surface area contributed by atoms with Crippen molar-refractivity contribution in [2.45, 2.75) is 25.9 Å². The number of rotatable bonds is 4. The number of ether oxygens (including phenoxy) is 1. The summed E-state index contributed by atoms with van der Waals surface area (Å²) in [7, 11) is 0. The van der Waals surface area contributed by atoms with Crippen LogP contribution in [0.15, 0.2) is 24.4 Å². The van der Waals surface area contributed by atoms with Gasteiger partial charge in [-0.05, 0) is 26.0 Å². The van der Waals surface area contributed by atoms with Gasteiger partial charge in [0.25, 0.3) is 0 Å². The summed E-state index contributed by atoms with van der Waals surface area (Å²) < 4.78 is 5.19. The van der Waals surface area contributed by atoms with Gasteiger partial charge >= 0.3 is 12.0 Å². The highest BCUT2D eigenvalue weighted by molar-refractivity contribution is 5.79. The van der Waals surface area contributed by atoms with Gasteiger partial charge in [0.15, 0.2) is 0 Å². The van der Waals surface area contributed by atoms with E-state index in [1.165, 1.54) is 0 Å². The van der Waals surface area contributed by atoms with Crippen LogP contribution in [-0.2, 0) is 9.53 Å². The van der Waals surface area contributed by atoms with Crippen molar-refractivity contribution in [3.05, 3.63) is 30.1 Å². The molecule has 1 saturated heterocycles. The number of nitrogens with zero attached hydrogens (tertiary/aromatic N) is 1. The van der Waals surface area contributed by atoms with E-state index in [-0.39, 0.29) is 19.3 Å². The Balaban J connectivity index is 1.94. The van der Waals surface area contributed by atoms with Gasteiger partial charge in [-0.3, -0.25) is 9.78 Å². The Bertz CT molecular complexity index is 522. The van der Waals surface area contributed by atoms with Crippen molar-refractivity contribution in [3.8, 4) is 0 Å². The number of pyridine rings is 1. The van der Waals surface area contributed by atoms with Crippen molar-refractivity contribution >= 4 is 12.0 Å². The van der Waals surface area contributed by atoms with Gasteiger partial charge in [0.05, 0.1) is 31.0 Å². The molecule has 3 unspecified atom stereocenters. The van der Waals surface area contributed by atoms with Gasteiger partial charge in [-0.2, -0.15) is 0 Å². The molecular weight excluding hydrogens is 274 g/mol. The second-order valence-corrected chi connectivity index (χ2v) is 5.38. The minimum Gasteiger partial charge on any atom is -0.481 e. The van der Waals surface area contributed by atoms with Crippen molar-refractivity contribution < 1.29 is 19.4 Å². The third-order valence-electron chi connectivity index (χ3n) is 3.73. The summed E-state index contributed by atoms with van der Waals surface area (Å²) in [6, 6.07) is 4.17. The molecule has 7 heteroatoms. The smallest absolute Gasteiger partial charge is 0.315 e. The number of aliphatic carboxylic acids is 1. The first-order valence-electron chi connectivity index (χ1n) is 6.72. The van der Waals surface area contributed by atoms with Crippen LogP contribution < -0.4 is 10.6 Å². The van der Waals surface area contributed by atoms with E-state index in [4.69, 9.17) is 4.74 Å². The predicted molar refractivity (Wildman–Crippen MR) is 74.7 cm³/mol. The van der Waals surface area contributed by atoms with E-state index in [9.17, 15) is 14.7 Å². The molecule has 0 aromatic carbocycles. The lowest BCUT2D eigenvalue weighted by Crippen LogP contribution is -2.52. The van der Waals surface area contributed by atoms with Crippen LogP contribution in [0.25, 0.3) is 0 Å². The number of hydrogen-bond donors (Lipinski definition) is 3. The number of urea groups is 1. The fourth-order valence-corrected chi connectivity index (χ4v) is 2.19. The summed E-state index contributed by atoms with van der Waals surface area (Å²) in [5.74, 6) is -0.983. The molecular formula is C14H19N3O4. The molecule has 3 atom stereocenters. The number of nitrogens with one attached hydrogen (secondary N) is 2. The molecule has 1 fully saturated rings. The van der Waals surface area contributed by atoms with E-state index in [2.05, 4.69) is 15.6 Å². The summed E-state index contributed by atoms with van der Waals surface area (Å²) in [6.07, 6.45) is 1.65. The Morgan fingerprint density at radius 1 is 1.52 bits per heavy atom. The van der Waals surface area contributed by atoms with Crippen LogP contribution in [0.5, 0.6) is 0 Å². The van der Waals surface area contributed by atoms with Crippen molar-refractivity contribution in [3.63, 3.8) is 0 Å². The Labute approximate surface area is 122 Å². The van der Waals surface area contributed by atoms with E-state index in [1.807, 2.05) is 19.1 Å². The highest BCUT2D eigenvalue weighted by Crippen LogP contribution is 2.28. The van der Waals surface area contributed by atoms with E-state index in [0.717, 1.165) is 5.69 Å². The molecule has 1 aromatic heterocycles. The van der Waals surface area contributed by atoms with Crippen LogP contribution in [0.1, 0.15) is 25.6 Å². The third-order valence-corrected chi connectivity index (χ3v) is 3.73. The van der Waals surface area contributed by atoms with Gasteiger partial charge in [0, 0.05) is 6.20 Å². The third kappa shape index (κ3) is 3.30. The number of aromatic nitrogens is 1. The zero-order valence-corrected chi connectivity index (χ0v) is 12.0. The first-order valence-corrected chi connectivity index (χ1v) is 6.72. The van der Waals surface area contributed by atoms with Gasteiger partial charge in [-0.15, -0.1) is 0 Å². The number of carbonyl (C=O) groups is 2. The Morgan fingerprint density at radius 2 is 2.29 bits per heavy atom. The Morgan fingerprint density at radius 3 is 2.90 bits per heavy atom. The first kappa shape index (κ1) is 15.2. The molecule has 3 N–H and O–H groups in total. The summed E-state index contributed by atoms with van der Waals surface area (Å²) >= 11 is 0. The lowest BCUT2D eigenvalue weighted by Gasteiger charge is -2.26. The average molecular weight is 293 g/mol. The number of carboxylic acid groups (broad SMARTS) is 1. The topological polar surface area (TPSA) is 101 Å². The maximum Gasteiger partial charge on any atom is 0.315 e. The fourth-order valence-electron chi connectivity index (χ4n) is 2.19. The van der Waals surface area contributed by atoms with Crippen LogP contribution >= 0.6 is 0 Å². The van der Waals surface area contributed by atoms with Crippen LogP contribution in [0.4, 0.5) is 4.79 Å². The molecule has 2 heterocycles. The molecule has 2 amide bonds. The quantitative estimate of drug-likeness (QED) is 0.766. The zero-order valence-electron chi connectivity index (χ0n) is 12.0. The van der Waals surface area contributed by atoms with Gasteiger partial charge in [-0.25, -0.2) is 4.79 Å². The van der Waals surface area contributed by atoms with Crippen LogP contribution in [0.3, 0.4) is 0 Å². The lowest BCUT2D eigenvalue weighted by molar-refractivity contribution is -0.148. The molecule has 1 aliphatic heterocycles. The van der Waals surface area contributed by atoms with E-state index in [0.29, 0.717) is 0 Å². The second-order valence-electron chi connectivity index (χ2n) is 5.38. The van der Waals surface area contributed by atoms with E-state index >= 15 is 0 Å². The average Bonchev–Trinajstić information content (AvgIpc) is 2.82. The van der Waals surface area contributed by atoms with Crippen molar-refractivity contribution in [1.82, 2.24) is 15.6 Å². The van der Waals surface area contributed by atoms with E-state index < -0.39 is 23.5 Å². The Kier molecular flexibility index (Phi) is 4.42.